The van der Waals surface area contributed by atoms with Crippen LogP contribution in [0.3, 0.4) is 0 Å². The third-order valence-corrected chi connectivity index (χ3v) is 3.84. The van der Waals surface area contributed by atoms with Gasteiger partial charge in [0.05, 0.1) is 4.90 Å². The van der Waals surface area contributed by atoms with E-state index in [0.717, 1.165) is 5.56 Å². The van der Waals surface area contributed by atoms with Crippen LogP contribution in [-0.4, -0.2) is 14.2 Å². The number of rotatable bonds is 5. The normalized spacial score (nSPS) is 12.0. The molecule has 0 aromatic heterocycles. The first kappa shape index (κ1) is 15.9. The van der Waals surface area contributed by atoms with Gasteiger partial charge in [0.15, 0.2) is 5.78 Å². The Morgan fingerprint density at radius 1 is 0.909 bits per heavy atom. The first-order valence-electron chi connectivity index (χ1n) is 6.54. The van der Waals surface area contributed by atoms with Crippen molar-refractivity contribution in [1.82, 2.24) is 0 Å². The summed E-state index contributed by atoms with van der Waals surface area (Å²) in [6, 6.07) is 15.1. The zero-order chi connectivity index (χ0) is 16.0. The number of primary sulfonamides is 1. The number of carbonyl (C=O) groups is 1. The Hall–Kier alpha value is -2.50. The minimum atomic E-state index is -3.67. The zero-order valence-corrected chi connectivity index (χ0v) is 12.5. The first-order valence-corrected chi connectivity index (χ1v) is 8.08. The van der Waals surface area contributed by atoms with Crippen LogP contribution in [0.5, 0.6) is 0 Å². The van der Waals surface area contributed by atoms with Gasteiger partial charge in [0, 0.05) is 5.56 Å². The Morgan fingerprint density at radius 3 is 2.14 bits per heavy atom. The van der Waals surface area contributed by atoms with Crippen molar-refractivity contribution in [3.8, 4) is 0 Å². The van der Waals surface area contributed by atoms with E-state index in [2.05, 4.69) is 0 Å². The fraction of sp³-hybridized carbons (Fsp3) is 0. The van der Waals surface area contributed by atoms with Gasteiger partial charge in [0.1, 0.15) is 0 Å². The molecule has 112 valence electrons. The Labute approximate surface area is 129 Å². The number of sulfonamides is 1. The number of carbonyl (C=O) groups excluding carboxylic acids is 1. The Kier molecular flexibility index (Phi) is 5.04. The van der Waals surface area contributed by atoms with E-state index in [1.54, 1.807) is 42.5 Å². The lowest BCUT2D eigenvalue weighted by Gasteiger charge is -1.98. The van der Waals surface area contributed by atoms with Crippen molar-refractivity contribution < 1.29 is 13.2 Å². The highest BCUT2D eigenvalue weighted by molar-refractivity contribution is 7.89. The molecule has 0 aliphatic carbocycles. The predicted octanol–water partition coefficient (Wildman–Crippen LogP) is 2.79. The second-order valence-electron chi connectivity index (χ2n) is 4.56. The van der Waals surface area contributed by atoms with Crippen LogP contribution in [0.4, 0.5) is 0 Å². The van der Waals surface area contributed by atoms with E-state index in [1.807, 2.05) is 18.2 Å². The molecule has 2 aromatic carbocycles. The number of nitrogens with two attached hydrogens (primary N) is 1. The standard InChI is InChI=1S/C17H15NO3S/c18-22(20,21)16-12-10-14(11-13-16)6-4-5-9-17(19)15-7-2-1-3-8-15/h1-13H,(H2,18,20,21)/b6-4+,9-5+. The van der Waals surface area contributed by atoms with Crippen molar-refractivity contribution in [3.63, 3.8) is 0 Å². The highest BCUT2D eigenvalue weighted by atomic mass is 32.2. The molecule has 0 aliphatic rings. The van der Waals surface area contributed by atoms with Crippen LogP contribution in [0, 0.1) is 0 Å². The number of hydrogen-bond donors (Lipinski definition) is 1. The molecule has 0 radical (unpaired) electrons. The molecule has 2 N–H and O–H groups in total. The van der Waals surface area contributed by atoms with E-state index in [1.165, 1.54) is 18.2 Å². The third kappa shape index (κ3) is 4.51. The molecular formula is C17H15NO3S. The molecule has 2 rings (SSSR count). The number of ketones is 1. The van der Waals surface area contributed by atoms with E-state index in [-0.39, 0.29) is 10.7 Å². The van der Waals surface area contributed by atoms with Gasteiger partial charge in [-0.2, -0.15) is 0 Å². The van der Waals surface area contributed by atoms with Crippen LogP contribution in [0.2, 0.25) is 0 Å². The van der Waals surface area contributed by atoms with Gasteiger partial charge in [0.25, 0.3) is 0 Å². The lowest BCUT2D eigenvalue weighted by atomic mass is 10.1. The Morgan fingerprint density at radius 2 is 1.55 bits per heavy atom. The molecule has 0 amide bonds. The van der Waals surface area contributed by atoms with Crippen LogP contribution < -0.4 is 5.14 Å². The van der Waals surface area contributed by atoms with Gasteiger partial charge >= 0.3 is 0 Å². The monoisotopic (exact) mass is 313 g/mol. The van der Waals surface area contributed by atoms with Gasteiger partial charge in [0.2, 0.25) is 10.0 Å². The maximum Gasteiger partial charge on any atom is 0.238 e. The summed E-state index contributed by atoms with van der Waals surface area (Å²) in [5.74, 6) is -0.0742. The second-order valence-corrected chi connectivity index (χ2v) is 6.12. The highest BCUT2D eigenvalue weighted by Gasteiger charge is 2.05. The van der Waals surface area contributed by atoms with Gasteiger partial charge in [-0.1, -0.05) is 60.7 Å². The lowest BCUT2D eigenvalue weighted by Crippen LogP contribution is -2.11. The van der Waals surface area contributed by atoms with Gasteiger partial charge in [-0.25, -0.2) is 13.6 Å². The smallest absolute Gasteiger partial charge is 0.238 e. The third-order valence-electron chi connectivity index (χ3n) is 2.91. The van der Waals surface area contributed by atoms with E-state index < -0.39 is 10.0 Å². The summed E-state index contributed by atoms with van der Waals surface area (Å²) in [5.41, 5.74) is 1.44. The molecule has 0 unspecified atom stereocenters. The topological polar surface area (TPSA) is 77.2 Å². The van der Waals surface area contributed by atoms with E-state index in [9.17, 15) is 13.2 Å². The second kappa shape index (κ2) is 6.98. The number of allylic oxidation sites excluding steroid dienone is 3. The molecule has 0 heterocycles. The molecule has 22 heavy (non-hydrogen) atoms. The predicted molar refractivity (Wildman–Crippen MR) is 86.8 cm³/mol. The van der Waals surface area contributed by atoms with Gasteiger partial charge in [-0.3, -0.25) is 4.79 Å². The Balaban J connectivity index is 2.01. The molecule has 0 aliphatic heterocycles. The minimum Gasteiger partial charge on any atom is -0.289 e. The summed E-state index contributed by atoms with van der Waals surface area (Å²) in [6.45, 7) is 0. The molecule has 2 aromatic rings. The molecular weight excluding hydrogens is 298 g/mol. The van der Waals surface area contributed by atoms with Crippen LogP contribution >= 0.6 is 0 Å². The molecule has 5 heteroatoms. The van der Waals surface area contributed by atoms with E-state index >= 15 is 0 Å². The fourth-order valence-corrected chi connectivity index (χ4v) is 2.29. The molecule has 0 spiro atoms. The van der Waals surface area contributed by atoms with Crippen molar-refractivity contribution in [1.29, 1.82) is 0 Å². The van der Waals surface area contributed by atoms with Gasteiger partial charge < -0.3 is 0 Å². The summed E-state index contributed by atoms with van der Waals surface area (Å²) >= 11 is 0. The first-order chi connectivity index (χ1) is 10.5. The molecule has 0 saturated heterocycles. The summed E-state index contributed by atoms with van der Waals surface area (Å²) in [4.78, 5) is 11.9. The van der Waals surface area contributed by atoms with Crippen molar-refractivity contribution in [3.05, 3.63) is 84.0 Å². The maximum atomic E-state index is 11.8. The number of benzene rings is 2. The summed E-state index contributed by atoms with van der Waals surface area (Å²) in [5, 5.41) is 5.02. The minimum absolute atomic E-state index is 0.0689. The average Bonchev–Trinajstić information content (AvgIpc) is 2.52. The van der Waals surface area contributed by atoms with Crippen LogP contribution in [-0.2, 0) is 10.0 Å². The maximum absolute atomic E-state index is 11.8. The van der Waals surface area contributed by atoms with E-state index in [4.69, 9.17) is 5.14 Å². The van der Waals surface area contributed by atoms with Crippen LogP contribution in [0.15, 0.2) is 77.7 Å². The highest BCUT2D eigenvalue weighted by Crippen LogP contribution is 2.10. The van der Waals surface area contributed by atoms with Crippen molar-refractivity contribution in [2.24, 2.45) is 5.14 Å². The average molecular weight is 313 g/mol. The SMILES string of the molecule is NS(=O)(=O)c1ccc(/C=C/C=C/C(=O)c2ccccc2)cc1. The molecule has 4 nitrogen and oxygen atoms in total. The summed E-state index contributed by atoms with van der Waals surface area (Å²) in [6.07, 6.45) is 6.60. The summed E-state index contributed by atoms with van der Waals surface area (Å²) < 4.78 is 22.3. The summed E-state index contributed by atoms with van der Waals surface area (Å²) in [7, 11) is -3.67. The zero-order valence-electron chi connectivity index (χ0n) is 11.7. The Bertz CT molecular complexity index is 805. The van der Waals surface area contributed by atoms with Crippen LogP contribution in [0.1, 0.15) is 15.9 Å². The van der Waals surface area contributed by atoms with Crippen molar-refractivity contribution in [2.75, 3.05) is 0 Å². The van der Waals surface area contributed by atoms with Crippen molar-refractivity contribution >= 4 is 21.9 Å². The van der Waals surface area contributed by atoms with Gasteiger partial charge in [-0.05, 0) is 23.8 Å². The number of hydrogen-bond acceptors (Lipinski definition) is 3. The largest absolute Gasteiger partial charge is 0.289 e. The van der Waals surface area contributed by atoms with Crippen molar-refractivity contribution in [2.45, 2.75) is 4.90 Å². The lowest BCUT2D eigenvalue weighted by molar-refractivity contribution is 0.104. The van der Waals surface area contributed by atoms with Crippen LogP contribution in [0.25, 0.3) is 6.08 Å². The molecule has 0 saturated carbocycles. The fourth-order valence-electron chi connectivity index (χ4n) is 1.78. The quantitative estimate of drug-likeness (QED) is 0.524. The molecule has 0 bridgehead atoms. The van der Waals surface area contributed by atoms with E-state index in [0.29, 0.717) is 5.56 Å². The molecule has 0 atom stereocenters. The van der Waals surface area contributed by atoms with Gasteiger partial charge in [-0.15, -0.1) is 0 Å². The molecule has 0 fully saturated rings.